The molecule has 0 aromatic rings. The third-order valence-electron chi connectivity index (χ3n) is 2.79. The minimum Gasteiger partial charge on any atom is -0.456 e. The summed E-state index contributed by atoms with van der Waals surface area (Å²) in [6.45, 7) is 9.68. The van der Waals surface area contributed by atoms with Crippen molar-refractivity contribution in [1.29, 1.82) is 0 Å². The maximum atomic E-state index is 11.7. The first kappa shape index (κ1) is 17.3. The molecule has 0 heterocycles. The molecule has 0 saturated heterocycles. The summed E-state index contributed by atoms with van der Waals surface area (Å²) < 4.78 is 20.8. The molecule has 0 radical (unpaired) electrons. The number of esters is 1. The third kappa shape index (κ3) is 6.27. The summed E-state index contributed by atoms with van der Waals surface area (Å²) in [7, 11) is -0.769. The summed E-state index contributed by atoms with van der Waals surface area (Å²) in [6, 6.07) is 0. The second kappa shape index (κ2) is 9.23. The van der Waals surface area contributed by atoms with E-state index in [2.05, 4.69) is 20.4 Å². The molecular weight excluding hydrogens is 251 g/mol. The van der Waals surface area contributed by atoms with Crippen molar-refractivity contribution < 1.29 is 18.6 Å². The van der Waals surface area contributed by atoms with Gasteiger partial charge in [-0.1, -0.05) is 33.3 Å². The maximum Gasteiger partial charge on any atom is 0.494 e. The van der Waals surface area contributed by atoms with Gasteiger partial charge in [0.05, 0.1) is 0 Å². The van der Waals surface area contributed by atoms with Gasteiger partial charge in [-0.05, 0) is 24.3 Å². The highest BCUT2D eigenvalue weighted by atomic mass is 31.1. The van der Waals surface area contributed by atoms with Gasteiger partial charge in [0.1, 0.15) is 12.2 Å². The molecule has 0 spiro atoms. The Kier molecular flexibility index (Phi) is 8.86. The van der Waals surface area contributed by atoms with Gasteiger partial charge in [-0.25, -0.2) is 4.79 Å². The first-order chi connectivity index (χ1) is 8.51. The molecule has 0 aromatic carbocycles. The van der Waals surface area contributed by atoms with E-state index in [0.29, 0.717) is 18.6 Å². The van der Waals surface area contributed by atoms with Gasteiger partial charge in [0.2, 0.25) is 0 Å². The summed E-state index contributed by atoms with van der Waals surface area (Å²) in [4.78, 5) is 11.7. The van der Waals surface area contributed by atoms with E-state index in [9.17, 15) is 9.36 Å². The Labute approximate surface area is 111 Å². The Morgan fingerprint density at radius 1 is 1.22 bits per heavy atom. The summed E-state index contributed by atoms with van der Waals surface area (Å²) in [6.07, 6.45) is 3.98. The van der Waals surface area contributed by atoms with E-state index in [0.717, 1.165) is 25.7 Å². The number of hydrogen-bond donors (Lipinski definition) is 0. The highest BCUT2D eigenvalue weighted by Crippen LogP contribution is 2.29. The van der Waals surface area contributed by atoms with Crippen LogP contribution >= 0.6 is 8.69 Å². The van der Waals surface area contributed by atoms with E-state index in [1.807, 2.05) is 0 Å². The molecule has 0 aliphatic heterocycles. The smallest absolute Gasteiger partial charge is 0.456 e. The maximum absolute atomic E-state index is 11.7. The first-order valence-corrected chi connectivity index (χ1v) is 7.20. The molecule has 18 heavy (non-hydrogen) atoms. The molecule has 5 heteroatoms. The lowest BCUT2D eigenvalue weighted by Crippen LogP contribution is -2.36. The Bertz CT molecular complexity index is 283. The number of carbonyl (C=O) groups excluding carboxylic acids is 1. The molecule has 0 aliphatic rings. The van der Waals surface area contributed by atoms with Crippen LogP contribution in [0.1, 0.15) is 52.9 Å². The quantitative estimate of drug-likeness (QED) is 0.263. The van der Waals surface area contributed by atoms with E-state index < -0.39 is 14.3 Å². The van der Waals surface area contributed by atoms with Crippen LogP contribution in [0.5, 0.6) is 0 Å². The van der Waals surface area contributed by atoms with E-state index in [-0.39, 0.29) is 5.97 Å². The second-order valence-corrected chi connectivity index (χ2v) is 4.99. The van der Waals surface area contributed by atoms with Crippen molar-refractivity contribution in [3.05, 3.63) is 12.2 Å². The molecule has 104 valence electrons. The Morgan fingerprint density at radius 3 is 2.17 bits per heavy atom. The minimum atomic E-state index is -0.769. The van der Waals surface area contributed by atoms with Crippen molar-refractivity contribution in [2.75, 3.05) is 6.61 Å². The molecule has 0 saturated carbocycles. The lowest BCUT2D eigenvalue weighted by Gasteiger charge is -2.32. The van der Waals surface area contributed by atoms with Crippen molar-refractivity contribution in [2.24, 2.45) is 0 Å². The molecule has 0 rings (SSSR count). The van der Waals surface area contributed by atoms with Crippen LogP contribution in [-0.4, -0.2) is 18.2 Å². The van der Waals surface area contributed by atoms with Gasteiger partial charge >= 0.3 is 14.7 Å². The molecular formula is C13H24O4P+. The normalized spacial score (nSPS) is 11.5. The van der Waals surface area contributed by atoms with Gasteiger partial charge in [-0.2, -0.15) is 0 Å². The molecule has 0 fully saturated rings. The molecule has 0 amide bonds. The van der Waals surface area contributed by atoms with E-state index in [1.54, 1.807) is 6.92 Å². The molecule has 0 N–H and O–H groups in total. The van der Waals surface area contributed by atoms with Gasteiger partial charge in [-0.15, -0.1) is 4.52 Å². The van der Waals surface area contributed by atoms with Gasteiger partial charge < -0.3 is 4.74 Å². The Balaban J connectivity index is 4.76. The summed E-state index contributed by atoms with van der Waals surface area (Å²) in [5, 5.41) is 0. The lowest BCUT2D eigenvalue weighted by molar-refractivity contribution is -0.158. The summed E-state index contributed by atoms with van der Waals surface area (Å²) in [5.41, 5.74) is -0.114. The van der Waals surface area contributed by atoms with Crippen LogP contribution in [0.3, 0.4) is 0 Å². The van der Waals surface area contributed by atoms with Crippen molar-refractivity contribution >= 4 is 14.7 Å². The fraction of sp³-hybridized carbons (Fsp3) is 0.769. The zero-order valence-electron chi connectivity index (χ0n) is 11.6. The van der Waals surface area contributed by atoms with Crippen LogP contribution in [0.15, 0.2) is 12.2 Å². The van der Waals surface area contributed by atoms with Gasteiger partial charge in [-0.3, -0.25) is 0 Å². The van der Waals surface area contributed by atoms with Gasteiger partial charge in [0.15, 0.2) is 0 Å². The summed E-state index contributed by atoms with van der Waals surface area (Å²) in [5.74, 6) is -0.360. The number of rotatable bonds is 10. The third-order valence-corrected chi connectivity index (χ3v) is 3.11. The highest BCUT2D eigenvalue weighted by Gasteiger charge is 2.33. The van der Waals surface area contributed by atoms with Crippen LogP contribution in [0.2, 0.25) is 0 Å². The van der Waals surface area contributed by atoms with Crippen LogP contribution in [0.4, 0.5) is 0 Å². The van der Waals surface area contributed by atoms with E-state index in [1.165, 1.54) is 0 Å². The first-order valence-electron chi connectivity index (χ1n) is 6.39. The van der Waals surface area contributed by atoms with Gasteiger partial charge in [0.25, 0.3) is 0 Å². The van der Waals surface area contributed by atoms with Crippen LogP contribution in [0.25, 0.3) is 0 Å². The fourth-order valence-electron chi connectivity index (χ4n) is 2.00. The van der Waals surface area contributed by atoms with Crippen LogP contribution in [0, 0.1) is 0 Å². The number of hydrogen-bond acceptors (Lipinski definition) is 4. The number of ether oxygens (including phenoxy) is 1. The lowest BCUT2D eigenvalue weighted by atomic mass is 9.89. The molecule has 0 aromatic heterocycles. The monoisotopic (exact) mass is 275 g/mol. The zero-order valence-corrected chi connectivity index (χ0v) is 12.6. The molecule has 4 nitrogen and oxygen atoms in total. The average molecular weight is 275 g/mol. The highest BCUT2D eigenvalue weighted by molar-refractivity contribution is 7.17. The van der Waals surface area contributed by atoms with Crippen molar-refractivity contribution in [3.8, 4) is 0 Å². The van der Waals surface area contributed by atoms with Crippen molar-refractivity contribution in [3.63, 3.8) is 0 Å². The summed E-state index contributed by atoms with van der Waals surface area (Å²) >= 11 is 0. The van der Waals surface area contributed by atoms with Crippen LogP contribution in [-0.2, 0) is 18.6 Å². The average Bonchev–Trinajstić information content (AvgIpc) is 2.29. The zero-order chi connectivity index (χ0) is 14.0. The predicted molar refractivity (Wildman–Crippen MR) is 73.0 cm³/mol. The second-order valence-electron chi connectivity index (χ2n) is 4.53. The Hall–Kier alpha value is -0.730. The van der Waals surface area contributed by atoms with Crippen molar-refractivity contribution in [2.45, 2.75) is 58.5 Å². The standard InChI is InChI=1S/C13H24O4P/c1-5-7-13(8-6-2,9-10-16-18-15)17-12(14)11(3)4/h18H,3,5-10H2,1-2,4H3/q+1. The van der Waals surface area contributed by atoms with Gasteiger partial charge in [0, 0.05) is 12.0 Å². The van der Waals surface area contributed by atoms with E-state index in [4.69, 9.17) is 9.26 Å². The molecule has 0 bridgehead atoms. The fourth-order valence-corrected chi connectivity index (χ4v) is 2.19. The van der Waals surface area contributed by atoms with E-state index >= 15 is 0 Å². The minimum absolute atomic E-state index is 0.339. The molecule has 1 atom stereocenters. The molecule has 0 aliphatic carbocycles. The van der Waals surface area contributed by atoms with Crippen molar-refractivity contribution in [1.82, 2.24) is 0 Å². The Morgan fingerprint density at radius 2 is 1.78 bits per heavy atom. The topological polar surface area (TPSA) is 52.6 Å². The van der Waals surface area contributed by atoms with Crippen LogP contribution < -0.4 is 0 Å². The molecule has 1 unspecified atom stereocenters. The predicted octanol–water partition coefficient (Wildman–Crippen LogP) is 3.79. The number of carbonyl (C=O) groups is 1. The largest absolute Gasteiger partial charge is 0.494 e. The SMILES string of the molecule is C=C(C)C(=O)OC(CCC)(CCC)CCO[PH+]=O.